The van der Waals surface area contributed by atoms with Crippen molar-refractivity contribution in [3.63, 3.8) is 0 Å². The summed E-state index contributed by atoms with van der Waals surface area (Å²) in [5.74, 6) is -0.675. The van der Waals surface area contributed by atoms with E-state index in [-0.39, 0.29) is 23.0 Å². The highest BCUT2D eigenvalue weighted by atomic mass is 19.4. The molecule has 0 aliphatic heterocycles. The van der Waals surface area contributed by atoms with Gasteiger partial charge in [0.05, 0.1) is 11.1 Å². The Kier molecular flexibility index (Phi) is 5.80. The number of aryl methyl sites for hydroxylation is 1. The molecule has 0 saturated carbocycles. The lowest BCUT2D eigenvalue weighted by molar-refractivity contribution is -0.141. The number of alkyl halides is 6. The van der Waals surface area contributed by atoms with Crippen LogP contribution < -0.4 is 5.32 Å². The molecule has 4 rings (SSSR count). The van der Waals surface area contributed by atoms with Crippen molar-refractivity contribution in [3.05, 3.63) is 83.1 Å². The maximum absolute atomic E-state index is 13.3. The maximum atomic E-state index is 13.3. The van der Waals surface area contributed by atoms with Gasteiger partial charge in [0.15, 0.2) is 0 Å². The number of H-pyrrole nitrogens is 1. The molecule has 3 aromatic heterocycles. The van der Waals surface area contributed by atoms with E-state index in [1.54, 1.807) is 25.3 Å². The summed E-state index contributed by atoms with van der Waals surface area (Å²) in [6, 6.07) is 7.54. The molecule has 4 aromatic rings. The van der Waals surface area contributed by atoms with Gasteiger partial charge in [-0.2, -0.15) is 26.3 Å². The van der Waals surface area contributed by atoms with E-state index in [0.717, 1.165) is 23.9 Å². The number of hydrogen-bond donors (Lipinski definition) is 2. The number of aromatic nitrogens is 3. The van der Waals surface area contributed by atoms with E-state index in [2.05, 4.69) is 20.3 Å². The summed E-state index contributed by atoms with van der Waals surface area (Å²) in [6.07, 6.45) is -5.29. The zero-order valence-electron chi connectivity index (χ0n) is 17.5. The first-order chi connectivity index (χ1) is 15.9. The Balaban J connectivity index is 1.66. The fraction of sp³-hybridized carbons (Fsp3) is 0.174. The second kappa shape index (κ2) is 8.47. The highest BCUT2D eigenvalue weighted by Gasteiger charge is 2.33. The zero-order chi connectivity index (χ0) is 24.7. The van der Waals surface area contributed by atoms with Crippen LogP contribution in [-0.4, -0.2) is 20.9 Å². The first-order valence-corrected chi connectivity index (χ1v) is 9.89. The number of carbonyl (C=O) groups is 1. The van der Waals surface area contributed by atoms with Crippen molar-refractivity contribution in [1.29, 1.82) is 0 Å². The molecule has 1 aromatic carbocycles. The first kappa shape index (κ1) is 23.3. The minimum atomic E-state index is -4.63. The molecule has 0 radical (unpaired) electrons. The van der Waals surface area contributed by atoms with Crippen LogP contribution in [0.5, 0.6) is 0 Å². The van der Waals surface area contributed by atoms with Crippen LogP contribution in [0.1, 0.15) is 32.9 Å². The number of rotatable bonds is 4. The highest BCUT2D eigenvalue weighted by Crippen LogP contribution is 2.36. The van der Waals surface area contributed by atoms with Crippen LogP contribution in [0.4, 0.5) is 26.3 Å². The predicted molar refractivity (Wildman–Crippen MR) is 112 cm³/mol. The van der Waals surface area contributed by atoms with E-state index < -0.39 is 29.6 Å². The molecule has 0 atom stereocenters. The smallest absolute Gasteiger partial charge is 0.351 e. The van der Waals surface area contributed by atoms with E-state index >= 15 is 0 Å². The van der Waals surface area contributed by atoms with Crippen molar-refractivity contribution < 1.29 is 31.1 Å². The van der Waals surface area contributed by atoms with Crippen LogP contribution in [0.15, 0.2) is 55.0 Å². The minimum Gasteiger partial charge on any atom is -0.351 e. The van der Waals surface area contributed by atoms with Crippen LogP contribution in [0, 0.1) is 6.92 Å². The summed E-state index contributed by atoms with van der Waals surface area (Å²) in [7, 11) is 0. The van der Waals surface area contributed by atoms with Crippen LogP contribution in [-0.2, 0) is 18.9 Å². The van der Waals surface area contributed by atoms with Gasteiger partial charge in [0.25, 0.3) is 5.91 Å². The Hall–Kier alpha value is -3.89. The molecule has 0 bridgehead atoms. The molecule has 0 aliphatic rings. The molecule has 2 N–H and O–H groups in total. The summed E-state index contributed by atoms with van der Waals surface area (Å²) in [5, 5.41) is 2.85. The molecule has 176 valence electrons. The highest BCUT2D eigenvalue weighted by molar-refractivity contribution is 5.97. The molecule has 0 spiro atoms. The predicted octanol–water partition coefficient (Wildman–Crippen LogP) is 5.90. The van der Waals surface area contributed by atoms with Crippen molar-refractivity contribution in [1.82, 2.24) is 20.3 Å². The first-order valence-electron chi connectivity index (χ1n) is 9.89. The van der Waals surface area contributed by atoms with E-state index in [4.69, 9.17) is 0 Å². The molecular weight excluding hydrogens is 462 g/mol. The quantitative estimate of drug-likeness (QED) is 0.359. The molecule has 34 heavy (non-hydrogen) atoms. The molecule has 11 heteroatoms. The number of amides is 1. The maximum Gasteiger partial charge on any atom is 0.433 e. The number of nitrogens with zero attached hydrogens (tertiary/aromatic N) is 2. The van der Waals surface area contributed by atoms with Gasteiger partial charge < -0.3 is 10.3 Å². The van der Waals surface area contributed by atoms with Crippen molar-refractivity contribution in [2.45, 2.75) is 25.8 Å². The third kappa shape index (κ3) is 4.73. The van der Waals surface area contributed by atoms with E-state index in [0.29, 0.717) is 22.8 Å². The number of fused-ring (bicyclic) bond motifs is 1. The van der Waals surface area contributed by atoms with Crippen molar-refractivity contribution in [3.8, 4) is 11.1 Å². The average molecular weight is 478 g/mol. The summed E-state index contributed by atoms with van der Waals surface area (Å²) < 4.78 is 77.9. The standard InChI is InChI=1S/C23H16F6N4O/c1-12-4-5-30-11-17(12)16-7-13(6-15-8-19(23(27,28)29)33-20(15)16)9-32-21(34)14-2-3-18(31-10-14)22(24,25)26/h2-8,10-11,33H,9H2,1H3,(H,32,34). The zero-order valence-corrected chi connectivity index (χ0v) is 17.5. The van der Waals surface area contributed by atoms with E-state index in [1.165, 1.54) is 12.3 Å². The Morgan fingerprint density at radius 3 is 2.35 bits per heavy atom. The second-order valence-electron chi connectivity index (χ2n) is 7.59. The number of nitrogens with one attached hydrogen (secondary N) is 2. The lowest BCUT2D eigenvalue weighted by Crippen LogP contribution is -2.23. The van der Waals surface area contributed by atoms with Crippen LogP contribution in [0.3, 0.4) is 0 Å². The molecule has 1 amide bonds. The largest absolute Gasteiger partial charge is 0.433 e. The second-order valence-corrected chi connectivity index (χ2v) is 7.59. The fourth-order valence-corrected chi connectivity index (χ4v) is 3.50. The summed E-state index contributed by atoms with van der Waals surface area (Å²) in [5.41, 5.74) is 0.510. The van der Waals surface area contributed by atoms with Gasteiger partial charge in [0.1, 0.15) is 11.4 Å². The van der Waals surface area contributed by atoms with E-state index in [1.807, 2.05) is 0 Å². The van der Waals surface area contributed by atoms with Crippen LogP contribution in [0.25, 0.3) is 22.0 Å². The topological polar surface area (TPSA) is 70.7 Å². The number of benzene rings is 1. The Labute approximate surface area is 188 Å². The Bertz CT molecular complexity index is 1360. The molecule has 5 nitrogen and oxygen atoms in total. The van der Waals surface area contributed by atoms with Crippen LogP contribution >= 0.6 is 0 Å². The summed E-state index contributed by atoms with van der Waals surface area (Å²) in [6.45, 7) is 1.72. The van der Waals surface area contributed by atoms with Gasteiger partial charge in [-0.05, 0) is 54.4 Å². The number of hydrogen-bond acceptors (Lipinski definition) is 3. The number of pyridine rings is 2. The number of halogens is 6. The monoisotopic (exact) mass is 478 g/mol. The molecule has 3 heterocycles. The molecular formula is C23H16F6N4O. The van der Waals surface area contributed by atoms with Gasteiger partial charge in [-0.15, -0.1) is 0 Å². The lowest BCUT2D eigenvalue weighted by atomic mass is 9.98. The number of aromatic amines is 1. The van der Waals surface area contributed by atoms with Gasteiger partial charge >= 0.3 is 12.4 Å². The van der Waals surface area contributed by atoms with Gasteiger partial charge in [0, 0.05) is 41.6 Å². The third-order valence-corrected chi connectivity index (χ3v) is 5.19. The van der Waals surface area contributed by atoms with Crippen molar-refractivity contribution >= 4 is 16.8 Å². The molecule has 0 saturated heterocycles. The van der Waals surface area contributed by atoms with Crippen LogP contribution in [0.2, 0.25) is 0 Å². The van der Waals surface area contributed by atoms with E-state index in [9.17, 15) is 31.1 Å². The summed E-state index contributed by atoms with van der Waals surface area (Å²) >= 11 is 0. The molecule has 0 fully saturated rings. The Morgan fingerprint density at radius 2 is 1.74 bits per heavy atom. The fourth-order valence-electron chi connectivity index (χ4n) is 3.50. The molecule has 0 aliphatic carbocycles. The number of carbonyl (C=O) groups excluding carboxylic acids is 1. The normalized spacial score (nSPS) is 12.2. The lowest BCUT2D eigenvalue weighted by Gasteiger charge is -2.11. The average Bonchev–Trinajstić information content (AvgIpc) is 3.22. The van der Waals surface area contributed by atoms with Gasteiger partial charge in [-0.3, -0.25) is 14.8 Å². The Morgan fingerprint density at radius 1 is 0.971 bits per heavy atom. The van der Waals surface area contributed by atoms with Crippen molar-refractivity contribution in [2.24, 2.45) is 0 Å². The third-order valence-electron chi connectivity index (χ3n) is 5.19. The SMILES string of the molecule is Cc1ccncc1-c1cc(CNC(=O)c2ccc(C(F)(F)F)nc2)cc2cc(C(F)(F)F)[nH]c12. The van der Waals surface area contributed by atoms with Gasteiger partial charge in [0.2, 0.25) is 0 Å². The van der Waals surface area contributed by atoms with Gasteiger partial charge in [-0.25, -0.2) is 0 Å². The van der Waals surface area contributed by atoms with Gasteiger partial charge in [-0.1, -0.05) is 0 Å². The summed E-state index contributed by atoms with van der Waals surface area (Å²) in [4.78, 5) is 22.1. The molecule has 0 unspecified atom stereocenters. The minimum absolute atomic E-state index is 0.0748. The van der Waals surface area contributed by atoms with Crippen molar-refractivity contribution in [2.75, 3.05) is 0 Å².